The molecule has 3 fully saturated rings. The van der Waals surface area contributed by atoms with Crippen LogP contribution in [0.2, 0.25) is 0 Å². The quantitative estimate of drug-likeness (QED) is 0.749. The summed E-state index contributed by atoms with van der Waals surface area (Å²) in [6.45, 7) is 0. The largest absolute Gasteiger partial charge is 0.497 e. The van der Waals surface area contributed by atoms with Crippen molar-refractivity contribution >= 4 is 29.4 Å². The Morgan fingerprint density at radius 1 is 1.20 bits per heavy atom. The minimum absolute atomic E-state index is 0.107. The number of aromatic nitrogens is 2. The van der Waals surface area contributed by atoms with E-state index in [0.29, 0.717) is 15.9 Å². The van der Waals surface area contributed by atoms with Crippen molar-refractivity contribution in [1.29, 1.82) is 0 Å². The van der Waals surface area contributed by atoms with Gasteiger partial charge in [-0.1, -0.05) is 12.1 Å². The van der Waals surface area contributed by atoms with Crippen LogP contribution in [0.1, 0.15) is 43.1 Å². The highest BCUT2D eigenvalue weighted by atomic mass is 32.2. The Morgan fingerprint density at radius 3 is 2.43 bits per heavy atom. The smallest absolute Gasteiger partial charge is 0.223 e. The molecule has 4 atom stereocenters. The number of imidazole rings is 1. The summed E-state index contributed by atoms with van der Waals surface area (Å²) in [7, 11) is 3.64. The topological polar surface area (TPSA) is 56.1 Å². The van der Waals surface area contributed by atoms with Gasteiger partial charge in [0.15, 0.2) is 0 Å². The second kappa shape index (κ2) is 8.15. The van der Waals surface area contributed by atoms with Crippen LogP contribution >= 0.6 is 23.5 Å². The first kappa shape index (κ1) is 20.3. The van der Waals surface area contributed by atoms with E-state index in [9.17, 15) is 4.79 Å². The number of hydrogen-bond donors (Lipinski definition) is 1. The fourth-order valence-electron chi connectivity index (χ4n) is 5.62. The lowest BCUT2D eigenvalue weighted by atomic mass is 9.79. The number of ether oxygens (including phenoxy) is 1. The van der Waals surface area contributed by atoms with Crippen molar-refractivity contribution in [2.75, 3.05) is 18.6 Å². The van der Waals surface area contributed by atoms with Crippen LogP contribution in [-0.2, 0) is 11.8 Å². The number of aryl methyl sites for hydroxylation is 1. The van der Waals surface area contributed by atoms with Crippen molar-refractivity contribution < 1.29 is 9.53 Å². The summed E-state index contributed by atoms with van der Waals surface area (Å²) in [5.41, 5.74) is 1.02. The Bertz CT molecular complexity index is 891. The van der Waals surface area contributed by atoms with Gasteiger partial charge >= 0.3 is 0 Å². The average molecular weight is 444 g/mol. The van der Waals surface area contributed by atoms with Gasteiger partial charge in [0.2, 0.25) is 5.91 Å². The Morgan fingerprint density at radius 2 is 1.87 bits per heavy atom. The van der Waals surface area contributed by atoms with E-state index in [1.54, 1.807) is 13.3 Å². The minimum Gasteiger partial charge on any atom is -0.497 e. The normalized spacial score (nSPS) is 27.9. The van der Waals surface area contributed by atoms with Crippen LogP contribution in [0, 0.1) is 17.8 Å². The summed E-state index contributed by atoms with van der Waals surface area (Å²) in [5.74, 6) is 5.85. The highest BCUT2D eigenvalue weighted by Crippen LogP contribution is 2.65. The number of rotatable bonds is 5. The molecule has 2 heterocycles. The summed E-state index contributed by atoms with van der Waals surface area (Å²) < 4.78 is 7.70. The molecular weight excluding hydrogens is 414 g/mol. The summed E-state index contributed by atoms with van der Waals surface area (Å²) in [6, 6.07) is 7.66. The van der Waals surface area contributed by atoms with Gasteiger partial charge in [-0.05, 0) is 55.2 Å². The van der Waals surface area contributed by atoms with Crippen LogP contribution in [0.3, 0.4) is 0 Å². The Hall–Kier alpha value is -1.60. The molecule has 5 rings (SSSR count). The van der Waals surface area contributed by atoms with E-state index < -0.39 is 0 Å². The molecule has 0 radical (unpaired) electrons. The van der Waals surface area contributed by atoms with Gasteiger partial charge < -0.3 is 14.6 Å². The molecule has 1 amide bonds. The third-order valence-corrected chi connectivity index (χ3v) is 11.1. The lowest BCUT2D eigenvalue weighted by Gasteiger charge is -2.42. The lowest BCUT2D eigenvalue weighted by molar-refractivity contribution is -0.127. The molecule has 1 aliphatic heterocycles. The SMILES string of the molecule is COc1ccc([C@H](NC(=O)C2C[C@H]3CC[C@@H](C2)C32SCCS2)c2nccn2C)cc1. The van der Waals surface area contributed by atoms with Gasteiger partial charge in [0.05, 0.1) is 11.2 Å². The second-order valence-corrected chi connectivity index (χ2v) is 11.7. The molecule has 1 spiro atoms. The van der Waals surface area contributed by atoms with E-state index in [1.165, 1.54) is 24.3 Å². The number of thioether (sulfide) groups is 2. The molecule has 1 aromatic heterocycles. The van der Waals surface area contributed by atoms with Gasteiger partial charge in [-0.25, -0.2) is 4.98 Å². The predicted molar refractivity (Wildman–Crippen MR) is 123 cm³/mol. The molecule has 3 aliphatic rings. The van der Waals surface area contributed by atoms with Gasteiger partial charge in [-0.3, -0.25) is 4.79 Å². The van der Waals surface area contributed by atoms with Crippen molar-refractivity contribution in [3.63, 3.8) is 0 Å². The maximum absolute atomic E-state index is 13.4. The number of methoxy groups -OCH3 is 1. The van der Waals surface area contributed by atoms with Gasteiger partial charge in [-0.2, -0.15) is 0 Å². The number of amides is 1. The zero-order valence-electron chi connectivity index (χ0n) is 17.5. The van der Waals surface area contributed by atoms with Crippen molar-refractivity contribution in [2.24, 2.45) is 24.8 Å². The number of carbonyl (C=O) groups excluding carboxylic acids is 1. The van der Waals surface area contributed by atoms with E-state index in [-0.39, 0.29) is 17.9 Å². The van der Waals surface area contributed by atoms with E-state index in [1.807, 2.05) is 42.1 Å². The highest BCUT2D eigenvalue weighted by Gasteiger charge is 2.57. The number of hydrogen-bond acceptors (Lipinski definition) is 5. The van der Waals surface area contributed by atoms with Crippen molar-refractivity contribution in [1.82, 2.24) is 14.9 Å². The minimum atomic E-state index is -0.257. The summed E-state index contributed by atoms with van der Waals surface area (Å²) in [6.07, 6.45) is 8.34. The number of benzene rings is 1. The molecule has 2 saturated carbocycles. The van der Waals surface area contributed by atoms with Crippen LogP contribution < -0.4 is 10.1 Å². The molecular formula is C23H29N3O2S2. The summed E-state index contributed by atoms with van der Waals surface area (Å²) >= 11 is 4.36. The van der Waals surface area contributed by atoms with Crippen LogP contribution in [-0.4, -0.2) is 38.2 Å². The van der Waals surface area contributed by atoms with Crippen LogP contribution in [0.15, 0.2) is 36.7 Å². The molecule has 2 bridgehead atoms. The van der Waals surface area contributed by atoms with E-state index in [2.05, 4.69) is 33.8 Å². The molecule has 1 saturated heterocycles. The molecule has 2 aliphatic carbocycles. The highest BCUT2D eigenvalue weighted by molar-refractivity contribution is 8.21. The predicted octanol–water partition coefficient (Wildman–Crippen LogP) is 4.25. The van der Waals surface area contributed by atoms with Gasteiger partial charge in [0.25, 0.3) is 0 Å². The first-order valence-corrected chi connectivity index (χ1v) is 12.8. The van der Waals surface area contributed by atoms with E-state index >= 15 is 0 Å². The van der Waals surface area contributed by atoms with Gasteiger partial charge in [0, 0.05) is 36.9 Å². The average Bonchev–Trinajstić information content (AvgIpc) is 3.45. The van der Waals surface area contributed by atoms with Crippen molar-refractivity contribution in [3.05, 3.63) is 48.0 Å². The molecule has 1 unspecified atom stereocenters. The van der Waals surface area contributed by atoms with Crippen molar-refractivity contribution in [2.45, 2.75) is 35.8 Å². The molecule has 160 valence electrons. The molecule has 1 aromatic carbocycles. The Balaban J connectivity index is 1.36. The zero-order valence-corrected chi connectivity index (χ0v) is 19.2. The first-order valence-electron chi connectivity index (χ1n) is 10.8. The van der Waals surface area contributed by atoms with Gasteiger partial charge in [-0.15, -0.1) is 23.5 Å². The fourth-order valence-corrected chi connectivity index (χ4v) is 9.56. The molecule has 7 heteroatoms. The van der Waals surface area contributed by atoms with Crippen LogP contribution in [0.4, 0.5) is 0 Å². The Kier molecular flexibility index (Phi) is 5.52. The van der Waals surface area contributed by atoms with E-state index in [4.69, 9.17) is 4.74 Å². The summed E-state index contributed by atoms with van der Waals surface area (Å²) in [5, 5.41) is 3.35. The summed E-state index contributed by atoms with van der Waals surface area (Å²) in [4.78, 5) is 18.0. The third kappa shape index (κ3) is 3.44. The number of nitrogens with zero attached hydrogens (tertiary/aromatic N) is 2. The van der Waals surface area contributed by atoms with Crippen LogP contribution in [0.25, 0.3) is 0 Å². The number of carbonyl (C=O) groups is 1. The maximum atomic E-state index is 13.4. The standard InChI is InChI=1S/C23H29N3O2S2/c1-26-10-9-24-21(26)20(15-3-7-19(28-2)8-4-15)25-22(27)16-13-17-5-6-18(14-16)23(17)29-11-12-30-23/h3-4,7-10,16-18,20H,5-6,11-14H2,1-2H3,(H,25,27)/t16?,17-,18+,20-/m0/s1. The van der Waals surface area contributed by atoms with Crippen molar-refractivity contribution in [3.8, 4) is 5.75 Å². The van der Waals surface area contributed by atoms with Crippen LogP contribution in [0.5, 0.6) is 5.75 Å². The zero-order chi connectivity index (χ0) is 20.7. The third-order valence-electron chi connectivity index (χ3n) is 7.10. The fraction of sp³-hybridized carbons (Fsp3) is 0.565. The monoisotopic (exact) mass is 443 g/mol. The van der Waals surface area contributed by atoms with Gasteiger partial charge in [0.1, 0.15) is 17.6 Å². The molecule has 5 nitrogen and oxygen atoms in total. The Labute approximate surface area is 186 Å². The molecule has 1 N–H and O–H groups in total. The lowest BCUT2D eigenvalue weighted by Crippen LogP contribution is -2.44. The second-order valence-electron chi connectivity index (χ2n) is 8.67. The number of nitrogens with one attached hydrogen (secondary N) is 1. The molecule has 30 heavy (non-hydrogen) atoms. The maximum Gasteiger partial charge on any atom is 0.223 e. The molecule has 2 aromatic rings. The van der Waals surface area contributed by atoms with E-state index in [0.717, 1.165) is 30.0 Å². The first-order chi connectivity index (χ1) is 14.6.